The Morgan fingerprint density at radius 2 is 1.83 bits per heavy atom. The maximum atomic E-state index is 12.4. The summed E-state index contributed by atoms with van der Waals surface area (Å²) in [6.45, 7) is 2.95. The van der Waals surface area contributed by atoms with Gasteiger partial charge in [0.15, 0.2) is 5.76 Å². The van der Waals surface area contributed by atoms with Crippen molar-refractivity contribution in [1.29, 1.82) is 0 Å². The van der Waals surface area contributed by atoms with Crippen LogP contribution in [-0.2, 0) is 6.61 Å². The molecule has 4 rings (SSSR count). The summed E-state index contributed by atoms with van der Waals surface area (Å²) < 4.78 is 11.3. The number of nitrogens with zero attached hydrogens (tertiary/aromatic N) is 2. The van der Waals surface area contributed by atoms with E-state index in [2.05, 4.69) is 15.2 Å². The molecule has 0 spiro atoms. The molecule has 150 valence electrons. The van der Waals surface area contributed by atoms with Crippen LogP contribution in [0.15, 0.2) is 71.4 Å². The highest BCUT2D eigenvalue weighted by atomic mass is 16.5. The van der Waals surface area contributed by atoms with Gasteiger partial charge in [-0.1, -0.05) is 18.2 Å². The van der Waals surface area contributed by atoms with Gasteiger partial charge in [0.2, 0.25) is 0 Å². The Morgan fingerprint density at radius 1 is 1.07 bits per heavy atom. The van der Waals surface area contributed by atoms with Gasteiger partial charge in [-0.05, 0) is 55.2 Å². The van der Waals surface area contributed by atoms with Crippen LogP contribution >= 0.6 is 0 Å². The first kappa shape index (κ1) is 19.1. The highest BCUT2D eigenvalue weighted by Crippen LogP contribution is 2.22. The molecule has 1 aromatic carbocycles. The second kappa shape index (κ2) is 9.28. The van der Waals surface area contributed by atoms with Crippen LogP contribution in [0.2, 0.25) is 0 Å². The number of hydrogen-bond donors (Lipinski definition) is 1. The number of ether oxygens (including phenoxy) is 1. The van der Waals surface area contributed by atoms with E-state index in [-0.39, 0.29) is 5.91 Å². The Morgan fingerprint density at radius 3 is 2.59 bits per heavy atom. The van der Waals surface area contributed by atoms with Gasteiger partial charge >= 0.3 is 0 Å². The summed E-state index contributed by atoms with van der Waals surface area (Å²) in [5, 5.41) is 3.01. The first-order valence-corrected chi connectivity index (χ1v) is 9.97. The third-order valence-electron chi connectivity index (χ3n) is 5.20. The summed E-state index contributed by atoms with van der Waals surface area (Å²) in [5.74, 6) is 2.03. The van der Waals surface area contributed by atoms with Crippen LogP contribution in [0.3, 0.4) is 0 Å². The SMILES string of the molecule is O=C(NCC1CCN(c2ccncc2)CC1)c1ccc(COc2ccccc2)o1. The van der Waals surface area contributed by atoms with Gasteiger partial charge in [-0.25, -0.2) is 0 Å². The predicted octanol–water partition coefficient (Wildman–Crippen LogP) is 3.90. The van der Waals surface area contributed by atoms with Gasteiger partial charge in [0.05, 0.1) is 0 Å². The topological polar surface area (TPSA) is 67.6 Å². The van der Waals surface area contributed by atoms with Crippen molar-refractivity contribution in [2.24, 2.45) is 5.92 Å². The fraction of sp³-hybridized carbons (Fsp3) is 0.304. The van der Waals surface area contributed by atoms with E-state index >= 15 is 0 Å². The summed E-state index contributed by atoms with van der Waals surface area (Å²) in [7, 11) is 0. The molecular weight excluding hydrogens is 366 g/mol. The van der Waals surface area contributed by atoms with Crippen LogP contribution in [0.1, 0.15) is 29.2 Å². The Labute approximate surface area is 170 Å². The average Bonchev–Trinajstić information content (AvgIpc) is 3.27. The number of aromatic nitrogens is 1. The first-order chi connectivity index (χ1) is 14.3. The zero-order valence-electron chi connectivity index (χ0n) is 16.3. The lowest BCUT2D eigenvalue weighted by molar-refractivity contribution is 0.0913. The molecule has 6 nitrogen and oxygen atoms in total. The largest absolute Gasteiger partial charge is 0.486 e. The monoisotopic (exact) mass is 391 g/mol. The van der Waals surface area contributed by atoms with Crippen molar-refractivity contribution in [2.75, 3.05) is 24.5 Å². The number of anilines is 1. The molecule has 0 aliphatic carbocycles. The summed E-state index contributed by atoms with van der Waals surface area (Å²) in [6.07, 6.45) is 5.75. The van der Waals surface area contributed by atoms with Gasteiger partial charge in [0, 0.05) is 37.7 Å². The molecule has 6 heteroatoms. The number of amides is 1. The van der Waals surface area contributed by atoms with E-state index in [0.717, 1.165) is 31.7 Å². The number of furan rings is 1. The zero-order chi connectivity index (χ0) is 19.9. The second-order valence-electron chi connectivity index (χ2n) is 7.21. The van der Waals surface area contributed by atoms with Crippen molar-refractivity contribution in [1.82, 2.24) is 10.3 Å². The van der Waals surface area contributed by atoms with Crippen molar-refractivity contribution in [2.45, 2.75) is 19.4 Å². The molecule has 1 N–H and O–H groups in total. The Bertz CT molecular complexity index is 903. The molecule has 1 fully saturated rings. The third kappa shape index (κ3) is 5.16. The van der Waals surface area contributed by atoms with Crippen molar-refractivity contribution in [3.05, 3.63) is 78.5 Å². The number of pyridine rings is 1. The fourth-order valence-electron chi connectivity index (χ4n) is 3.52. The van der Waals surface area contributed by atoms with E-state index in [0.29, 0.717) is 30.6 Å². The summed E-state index contributed by atoms with van der Waals surface area (Å²) in [5.41, 5.74) is 1.21. The minimum Gasteiger partial charge on any atom is -0.486 e. The lowest BCUT2D eigenvalue weighted by Crippen LogP contribution is -2.38. The van der Waals surface area contributed by atoms with Crippen molar-refractivity contribution in [3.63, 3.8) is 0 Å². The normalized spacial score (nSPS) is 14.6. The predicted molar refractivity (Wildman–Crippen MR) is 111 cm³/mol. The van der Waals surface area contributed by atoms with Crippen molar-refractivity contribution in [3.8, 4) is 5.75 Å². The molecule has 0 unspecified atom stereocenters. The van der Waals surface area contributed by atoms with E-state index in [1.54, 1.807) is 12.1 Å². The summed E-state index contributed by atoms with van der Waals surface area (Å²) in [4.78, 5) is 18.8. The van der Waals surface area contributed by atoms with E-state index < -0.39 is 0 Å². The standard InChI is InChI=1S/C23H25N3O3/c27-23(22-7-6-21(29-22)17-28-20-4-2-1-3-5-20)25-16-18-10-14-26(15-11-18)19-8-12-24-13-9-19/h1-9,12-13,18H,10-11,14-17H2,(H,25,27). The van der Waals surface area contributed by atoms with Crippen molar-refractivity contribution < 1.29 is 13.9 Å². The van der Waals surface area contributed by atoms with E-state index in [4.69, 9.17) is 9.15 Å². The molecule has 1 saturated heterocycles. The quantitative estimate of drug-likeness (QED) is 0.662. The number of rotatable bonds is 7. The number of carbonyl (C=O) groups is 1. The molecule has 0 saturated carbocycles. The van der Waals surface area contributed by atoms with Crippen LogP contribution in [-0.4, -0.2) is 30.5 Å². The van der Waals surface area contributed by atoms with Crippen LogP contribution in [0.25, 0.3) is 0 Å². The average molecular weight is 391 g/mol. The highest BCUT2D eigenvalue weighted by molar-refractivity contribution is 5.91. The lowest BCUT2D eigenvalue weighted by atomic mass is 9.96. The second-order valence-corrected chi connectivity index (χ2v) is 7.21. The van der Waals surface area contributed by atoms with Crippen LogP contribution in [0, 0.1) is 5.92 Å². The lowest BCUT2D eigenvalue weighted by Gasteiger charge is -2.33. The van der Waals surface area contributed by atoms with E-state index in [1.807, 2.05) is 54.9 Å². The molecule has 1 amide bonds. The number of carbonyl (C=O) groups excluding carboxylic acids is 1. The van der Waals surface area contributed by atoms with Gasteiger partial charge in [-0.3, -0.25) is 9.78 Å². The Balaban J connectivity index is 1.21. The zero-order valence-corrected chi connectivity index (χ0v) is 16.3. The molecule has 0 bridgehead atoms. The molecule has 29 heavy (non-hydrogen) atoms. The Kier molecular flexibility index (Phi) is 6.10. The number of benzene rings is 1. The van der Waals surface area contributed by atoms with Gasteiger partial charge in [0.25, 0.3) is 5.91 Å². The number of piperidine rings is 1. The summed E-state index contributed by atoms with van der Waals surface area (Å²) in [6, 6.07) is 17.1. The minimum absolute atomic E-state index is 0.174. The van der Waals surface area contributed by atoms with Crippen LogP contribution < -0.4 is 15.0 Å². The first-order valence-electron chi connectivity index (χ1n) is 9.97. The molecule has 3 heterocycles. The molecule has 1 aliphatic heterocycles. The molecule has 3 aromatic rings. The van der Waals surface area contributed by atoms with E-state index in [1.165, 1.54) is 5.69 Å². The maximum absolute atomic E-state index is 12.4. The van der Waals surface area contributed by atoms with Crippen LogP contribution in [0.5, 0.6) is 5.75 Å². The highest BCUT2D eigenvalue weighted by Gasteiger charge is 2.21. The van der Waals surface area contributed by atoms with Gasteiger partial charge in [0.1, 0.15) is 18.1 Å². The van der Waals surface area contributed by atoms with Gasteiger partial charge in [-0.15, -0.1) is 0 Å². The maximum Gasteiger partial charge on any atom is 0.287 e. The van der Waals surface area contributed by atoms with E-state index in [9.17, 15) is 4.79 Å². The molecule has 0 radical (unpaired) electrons. The molecular formula is C23H25N3O3. The molecule has 1 aliphatic rings. The van der Waals surface area contributed by atoms with Gasteiger partial charge < -0.3 is 19.4 Å². The van der Waals surface area contributed by atoms with Gasteiger partial charge in [-0.2, -0.15) is 0 Å². The third-order valence-corrected chi connectivity index (χ3v) is 5.20. The number of para-hydroxylation sites is 1. The summed E-state index contributed by atoms with van der Waals surface area (Å²) >= 11 is 0. The Hall–Kier alpha value is -3.28. The van der Waals surface area contributed by atoms with Crippen molar-refractivity contribution >= 4 is 11.6 Å². The fourth-order valence-corrected chi connectivity index (χ4v) is 3.52. The smallest absolute Gasteiger partial charge is 0.287 e. The van der Waals surface area contributed by atoms with Crippen LogP contribution in [0.4, 0.5) is 5.69 Å². The molecule has 2 aromatic heterocycles. The minimum atomic E-state index is -0.174. The molecule has 0 atom stereocenters. The number of hydrogen-bond acceptors (Lipinski definition) is 5. The number of nitrogens with one attached hydrogen (secondary N) is 1.